The zero-order valence-electron chi connectivity index (χ0n) is 14.8. The minimum atomic E-state index is 0.120. The Kier molecular flexibility index (Phi) is 4.36. The Morgan fingerprint density at radius 3 is 2.72 bits per heavy atom. The molecule has 0 spiro atoms. The number of fused-ring (bicyclic) bond motifs is 3. The third-order valence-corrected chi connectivity index (χ3v) is 4.76. The lowest BCUT2D eigenvalue weighted by molar-refractivity contribution is 0.332. The highest BCUT2D eigenvalue weighted by molar-refractivity contribution is 5.86. The van der Waals surface area contributed by atoms with Crippen molar-refractivity contribution in [2.24, 2.45) is 0 Å². The van der Waals surface area contributed by atoms with Gasteiger partial charge in [-0.2, -0.15) is 0 Å². The summed E-state index contributed by atoms with van der Waals surface area (Å²) < 4.78 is 11.5. The number of aromatic nitrogens is 1. The summed E-state index contributed by atoms with van der Waals surface area (Å²) in [6.07, 6.45) is 1.01. The first-order valence-electron chi connectivity index (χ1n) is 9.04. The molecule has 0 saturated heterocycles. The fourth-order valence-corrected chi connectivity index (χ4v) is 3.73. The molecule has 1 aliphatic rings. The molecule has 2 heterocycles. The van der Waals surface area contributed by atoms with Crippen molar-refractivity contribution >= 4 is 10.9 Å². The van der Waals surface area contributed by atoms with Crippen molar-refractivity contribution in [1.29, 1.82) is 0 Å². The molecule has 25 heavy (non-hydrogen) atoms. The van der Waals surface area contributed by atoms with Crippen LogP contribution in [0.15, 0.2) is 42.5 Å². The number of para-hydroxylation sites is 1. The molecule has 0 bridgehead atoms. The Hall–Kier alpha value is -2.46. The summed E-state index contributed by atoms with van der Waals surface area (Å²) in [4.78, 5) is 3.63. The average Bonchev–Trinajstić information content (AvgIpc) is 3.01. The Balaban J connectivity index is 1.81. The van der Waals surface area contributed by atoms with Crippen LogP contribution in [-0.2, 0) is 6.42 Å². The summed E-state index contributed by atoms with van der Waals surface area (Å²) >= 11 is 0. The van der Waals surface area contributed by atoms with E-state index in [2.05, 4.69) is 34.6 Å². The van der Waals surface area contributed by atoms with Crippen molar-refractivity contribution in [2.45, 2.75) is 26.3 Å². The van der Waals surface area contributed by atoms with Crippen LogP contribution in [0.1, 0.15) is 36.7 Å². The standard InChI is InChI=1S/C21H24N2O2/c1-3-24-14-9-10-18-17(13-14)15-11-12-22-20(21(15)23-18)16-7-5-6-8-19(16)25-4-2/h5-10,13,20,22-23H,3-4,11-12H2,1-2H3. The van der Waals surface area contributed by atoms with E-state index < -0.39 is 0 Å². The Labute approximate surface area is 148 Å². The number of H-pyrrole nitrogens is 1. The normalized spacial score (nSPS) is 16.6. The fourth-order valence-electron chi connectivity index (χ4n) is 3.73. The summed E-state index contributed by atoms with van der Waals surface area (Å²) in [7, 11) is 0. The van der Waals surface area contributed by atoms with Gasteiger partial charge >= 0.3 is 0 Å². The first-order valence-corrected chi connectivity index (χ1v) is 9.04. The highest BCUT2D eigenvalue weighted by Gasteiger charge is 2.27. The molecule has 0 fully saturated rings. The Morgan fingerprint density at radius 2 is 1.88 bits per heavy atom. The highest BCUT2D eigenvalue weighted by atomic mass is 16.5. The smallest absolute Gasteiger partial charge is 0.124 e. The second kappa shape index (κ2) is 6.81. The number of hydrogen-bond acceptors (Lipinski definition) is 3. The predicted octanol–water partition coefficient (Wildman–Crippen LogP) is 4.20. The zero-order valence-corrected chi connectivity index (χ0v) is 14.8. The minimum absolute atomic E-state index is 0.120. The lowest BCUT2D eigenvalue weighted by atomic mass is 9.94. The zero-order chi connectivity index (χ0) is 17.2. The summed E-state index contributed by atoms with van der Waals surface area (Å²) in [6, 6.07) is 14.7. The maximum Gasteiger partial charge on any atom is 0.124 e. The van der Waals surface area contributed by atoms with E-state index in [4.69, 9.17) is 9.47 Å². The van der Waals surface area contributed by atoms with Gasteiger partial charge in [0.1, 0.15) is 11.5 Å². The summed E-state index contributed by atoms with van der Waals surface area (Å²) in [5.74, 6) is 1.88. The van der Waals surface area contributed by atoms with Crippen LogP contribution in [0.25, 0.3) is 10.9 Å². The molecule has 4 heteroatoms. The van der Waals surface area contributed by atoms with Crippen LogP contribution in [0, 0.1) is 0 Å². The van der Waals surface area contributed by atoms with E-state index in [0.29, 0.717) is 13.2 Å². The molecule has 4 nitrogen and oxygen atoms in total. The number of nitrogens with one attached hydrogen (secondary N) is 2. The summed E-state index contributed by atoms with van der Waals surface area (Å²) in [6.45, 7) is 6.34. The van der Waals surface area contributed by atoms with Crippen molar-refractivity contribution in [3.05, 3.63) is 59.3 Å². The van der Waals surface area contributed by atoms with Crippen molar-refractivity contribution in [3.8, 4) is 11.5 Å². The van der Waals surface area contributed by atoms with Gasteiger partial charge in [0.05, 0.1) is 19.3 Å². The number of ether oxygens (including phenoxy) is 2. The van der Waals surface area contributed by atoms with Crippen molar-refractivity contribution < 1.29 is 9.47 Å². The third kappa shape index (κ3) is 2.87. The maximum atomic E-state index is 5.86. The van der Waals surface area contributed by atoms with Crippen molar-refractivity contribution in [2.75, 3.05) is 19.8 Å². The molecule has 0 radical (unpaired) electrons. The van der Waals surface area contributed by atoms with Crippen LogP contribution in [-0.4, -0.2) is 24.7 Å². The first kappa shape index (κ1) is 16.0. The van der Waals surface area contributed by atoms with E-state index >= 15 is 0 Å². The molecule has 1 aromatic heterocycles. The van der Waals surface area contributed by atoms with Crippen LogP contribution >= 0.6 is 0 Å². The molecular formula is C21H24N2O2. The predicted molar refractivity (Wildman–Crippen MR) is 101 cm³/mol. The molecule has 1 unspecified atom stereocenters. The molecule has 2 aromatic carbocycles. The third-order valence-electron chi connectivity index (χ3n) is 4.76. The average molecular weight is 336 g/mol. The topological polar surface area (TPSA) is 46.3 Å². The molecule has 0 saturated carbocycles. The van der Waals surface area contributed by atoms with Gasteiger partial charge in [-0.1, -0.05) is 18.2 Å². The SMILES string of the molecule is CCOc1ccc2[nH]c3c(c2c1)CCNC3c1ccccc1OCC. The largest absolute Gasteiger partial charge is 0.494 e. The monoisotopic (exact) mass is 336 g/mol. The van der Waals surface area contributed by atoms with E-state index in [1.54, 1.807) is 0 Å². The van der Waals surface area contributed by atoms with Gasteiger partial charge in [-0.3, -0.25) is 0 Å². The van der Waals surface area contributed by atoms with E-state index in [-0.39, 0.29) is 6.04 Å². The molecule has 0 amide bonds. The molecule has 1 atom stereocenters. The van der Waals surface area contributed by atoms with Crippen LogP contribution in [0.5, 0.6) is 11.5 Å². The molecule has 2 N–H and O–H groups in total. The Morgan fingerprint density at radius 1 is 1.04 bits per heavy atom. The van der Waals surface area contributed by atoms with Gasteiger partial charge in [0.15, 0.2) is 0 Å². The number of rotatable bonds is 5. The van der Waals surface area contributed by atoms with E-state index in [0.717, 1.165) is 30.0 Å². The molecule has 3 aromatic rings. The van der Waals surface area contributed by atoms with Gasteiger partial charge in [0.2, 0.25) is 0 Å². The number of hydrogen-bond donors (Lipinski definition) is 2. The summed E-state index contributed by atoms with van der Waals surface area (Å²) in [5.41, 5.74) is 4.96. The minimum Gasteiger partial charge on any atom is -0.494 e. The van der Waals surface area contributed by atoms with Crippen molar-refractivity contribution in [3.63, 3.8) is 0 Å². The fraction of sp³-hybridized carbons (Fsp3) is 0.333. The lowest BCUT2D eigenvalue weighted by Gasteiger charge is -2.26. The molecular weight excluding hydrogens is 312 g/mol. The van der Waals surface area contributed by atoms with Gasteiger partial charge in [0, 0.05) is 28.7 Å². The van der Waals surface area contributed by atoms with Crippen LogP contribution < -0.4 is 14.8 Å². The van der Waals surface area contributed by atoms with Crippen molar-refractivity contribution in [1.82, 2.24) is 10.3 Å². The van der Waals surface area contributed by atoms with Gasteiger partial charge < -0.3 is 19.8 Å². The number of benzene rings is 2. The quantitative estimate of drug-likeness (QED) is 0.734. The Bertz CT molecular complexity index is 885. The first-order chi connectivity index (χ1) is 12.3. The lowest BCUT2D eigenvalue weighted by Crippen LogP contribution is -2.30. The van der Waals surface area contributed by atoms with Gasteiger partial charge in [-0.15, -0.1) is 0 Å². The maximum absolute atomic E-state index is 5.86. The number of aromatic amines is 1. The molecule has 1 aliphatic heterocycles. The van der Waals surface area contributed by atoms with Crippen LogP contribution in [0.4, 0.5) is 0 Å². The van der Waals surface area contributed by atoms with Gasteiger partial charge in [0.25, 0.3) is 0 Å². The molecule has 130 valence electrons. The molecule has 0 aliphatic carbocycles. The van der Waals surface area contributed by atoms with Crippen LogP contribution in [0.3, 0.4) is 0 Å². The second-order valence-corrected chi connectivity index (χ2v) is 6.27. The van der Waals surface area contributed by atoms with Gasteiger partial charge in [-0.05, 0) is 50.1 Å². The summed E-state index contributed by atoms with van der Waals surface area (Å²) in [5, 5.41) is 4.91. The highest BCUT2D eigenvalue weighted by Crippen LogP contribution is 2.37. The molecule has 4 rings (SSSR count). The van der Waals surface area contributed by atoms with E-state index in [1.165, 1.54) is 22.2 Å². The van der Waals surface area contributed by atoms with E-state index in [9.17, 15) is 0 Å². The second-order valence-electron chi connectivity index (χ2n) is 6.27. The van der Waals surface area contributed by atoms with E-state index in [1.807, 2.05) is 32.0 Å². The van der Waals surface area contributed by atoms with Gasteiger partial charge in [-0.25, -0.2) is 0 Å². The van der Waals surface area contributed by atoms with Crippen LogP contribution in [0.2, 0.25) is 0 Å².